The summed E-state index contributed by atoms with van der Waals surface area (Å²) in [7, 11) is 0. The molecule has 1 saturated heterocycles. The molecule has 1 aliphatic rings. The number of hydrogen-bond donors (Lipinski definition) is 1. The number of carbonyl (C=O) groups excluding carboxylic acids is 1. The first kappa shape index (κ1) is 25.0. The van der Waals surface area contributed by atoms with E-state index in [9.17, 15) is 18.0 Å². The van der Waals surface area contributed by atoms with Crippen molar-refractivity contribution in [2.45, 2.75) is 82.4 Å². The second-order valence-electron chi connectivity index (χ2n) is 8.60. The molecule has 30 heavy (non-hydrogen) atoms. The molecule has 1 N–H and O–H groups in total. The van der Waals surface area contributed by atoms with E-state index in [-0.39, 0.29) is 30.3 Å². The Labute approximate surface area is 179 Å². The summed E-state index contributed by atoms with van der Waals surface area (Å²) in [6, 6.07) is 1.65. The predicted molar refractivity (Wildman–Crippen MR) is 110 cm³/mol. The minimum absolute atomic E-state index is 0.0315. The van der Waals surface area contributed by atoms with Crippen LogP contribution in [0.5, 0.6) is 0 Å². The average molecular weight is 453 g/mol. The van der Waals surface area contributed by atoms with Crippen LogP contribution in [0.4, 0.5) is 19.1 Å². The van der Waals surface area contributed by atoms with E-state index in [1.807, 2.05) is 13.8 Å². The fraction of sp³-hybridized carbons (Fsp3) is 0.800. The van der Waals surface area contributed by atoms with Gasteiger partial charge in [-0.25, -0.2) is 0 Å². The number of aromatic nitrogens is 1. The van der Waals surface area contributed by atoms with E-state index in [0.29, 0.717) is 18.9 Å². The van der Waals surface area contributed by atoms with E-state index in [0.717, 1.165) is 19.3 Å². The maximum Gasteiger partial charge on any atom is 0.389 e. The molecular formula is C20H31F3N2O4S. The third-order valence-electron chi connectivity index (χ3n) is 4.82. The molecule has 0 saturated carbocycles. The minimum atomic E-state index is -4.18. The molecule has 1 aromatic heterocycles. The lowest BCUT2D eigenvalue weighted by molar-refractivity contribution is -0.170. The summed E-state index contributed by atoms with van der Waals surface area (Å²) in [5.41, 5.74) is 0.180. The highest BCUT2D eigenvalue weighted by atomic mass is 32.2. The molecule has 1 aliphatic heterocycles. The Hall–Kier alpha value is -1.26. The quantitative estimate of drug-likeness (QED) is 0.487. The maximum absolute atomic E-state index is 12.5. The summed E-state index contributed by atoms with van der Waals surface area (Å²) in [5, 5.41) is 6.71. The number of hydrogen-bond acceptors (Lipinski definition) is 6. The van der Waals surface area contributed by atoms with Crippen LogP contribution >= 0.6 is 11.8 Å². The van der Waals surface area contributed by atoms with Gasteiger partial charge in [-0.2, -0.15) is 13.2 Å². The van der Waals surface area contributed by atoms with Crippen LogP contribution in [-0.2, 0) is 19.7 Å². The van der Waals surface area contributed by atoms with Gasteiger partial charge in [0.25, 0.3) is 0 Å². The van der Waals surface area contributed by atoms with Crippen molar-refractivity contribution in [3.8, 4) is 0 Å². The van der Waals surface area contributed by atoms with Crippen molar-refractivity contribution in [2.75, 3.05) is 24.3 Å². The molecule has 2 rings (SSSR count). The van der Waals surface area contributed by atoms with Gasteiger partial charge in [-0.1, -0.05) is 19.0 Å². The smallest absolute Gasteiger partial charge is 0.353 e. The number of alkyl halides is 3. The second-order valence-corrected chi connectivity index (χ2v) is 10.3. The normalized spacial score (nSPS) is 18.4. The van der Waals surface area contributed by atoms with Crippen molar-refractivity contribution in [2.24, 2.45) is 0 Å². The van der Waals surface area contributed by atoms with E-state index in [1.165, 1.54) is 11.8 Å². The molecule has 0 aromatic carbocycles. The van der Waals surface area contributed by atoms with Crippen molar-refractivity contribution in [3.63, 3.8) is 0 Å². The zero-order valence-electron chi connectivity index (χ0n) is 17.9. The van der Waals surface area contributed by atoms with Crippen molar-refractivity contribution in [1.29, 1.82) is 0 Å². The van der Waals surface area contributed by atoms with Gasteiger partial charge >= 0.3 is 6.18 Å². The molecule has 0 aliphatic carbocycles. The topological polar surface area (TPSA) is 73.6 Å². The van der Waals surface area contributed by atoms with Crippen molar-refractivity contribution < 1.29 is 32.0 Å². The van der Waals surface area contributed by atoms with Crippen LogP contribution < -0.4 is 5.32 Å². The molecule has 1 fully saturated rings. The molecular weight excluding hydrogens is 421 g/mol. The number of anilines is 1. The van der Waals surface area contributed by atoms with Crippen molar-refractivity contribution in [1.82, 2.24) is 5.16 Å². The SMILES string of the molecule is CC(C)(SCCCC(F)(F)F)C(=O)Nc1cc(C(C)(C)COC2CCCCO2)no1. The number of nitrogens with zero attached hydrogens (tertiary/aromatic N) is 1. The van der Waals surface area contributed by atoms with Crippen molar-refractivity contribution >= 4 is 23.6 Å². The minimum Gasteiger partial charge on any atom is -0.353 e. The molecule has 0 bridgehead atoms. The summed E-state index contributed by atoms with van der Waals surface area (Å²) in [5.74, 6) is 0.0719. The molecule has 1 unspecified atom stereocenters. The summed E-state index contributed by atoms with van der Waals surface area (Å²) in [4.78, 5) is 12.5. The number of carbonyl (C=O) groups is 1. The molecule has 1 amide bonds. The zero-order chi connectivity index (χ0) is 22.4. The highest BCUT2D eigenvalue weighted by Gasteiger charge is 2.32. The predicted octanol–water partition coefficient (Wildman–Crippen LogP) is 5.29. The van der Waals surface area contributed by atoms with E-state index in [1.54, 1.807) is 19.9 Å². The lowest BCUT2D eigenvalue weighted by Gasteiger charge is -2.28. The molecule has 10 heteroatoms. The Balaban J connectivity index is 1.84. The number of amides is 1. The summed E-state index contributed by atoms with van der Waals surface area (Å²) in [6.45, 7) is 8.34. The maximum atomic E-state index is 12.5. The zero-order valence-corrected chi connectivity index (χ0v) is 18.8. The first-order valence-corrected chi connectivity index (χ1v) is 11.1. The molecule has 2 heterocycles. The largest absolute Gasteiger partial charge is 0.389 e. The van der Waals surface area contributed by atoms with Crippen LogP contribution in [0.3, 0.4) is 0 Å². The van der Waals surface area contributed by atoms with E-state index in [2.05, 4.69) is 10.5 Å². The lowest BCUT2D eigenvalue weighted by atomic mass is 9.90. The Morgan fingerprint density at radius 2 is 2.03 bits per heavy atom. The Bertz CT molecular complexity index is 686. The highest BCUT2D eigenvalue weighted by molar-refractivity contribution is 8.01. The third kappa shape index (κ3) is 8.11. The van der Waals surface area contributed by atoms with E-state index < -0.39 is 22.8 Å². The summed E-state index contributed by atoms with van der Waals surface area (Å²) in [6.07, 6.45) is -2.28. The highest BCUT2D eigenvalue weighted by Crippen LogP contribution is 2.31. The van der Waals surface area contributed by atoms with Crippen LogP contribution in [0, 0.1) is 0 Å². The first-order valence-electron chi connectivity index (χ1n) is 10.1. The number of ether oxygens (including phenoxy) is 2. The Morgan fingerprint density at radius 1 is 1.30 bits per heavy atom. The molecule has 0 radical (unpaired) electrons. The average Bonchev–Trinajstić information content (AvgIpc) is 3.13. The number of nitrogens with one attached hydrogen (secondary N) is 1. The monoisotopic (exact) mass is 452 g/mol. The van der Waals surface area contributed by atoms with Gasteiger partial charge in [-0.3, -0.25) is 10.1 Å². The summed E-state index contributed by atoms with van der Waals surface area (Å²) >= 11 is 1.18. The molecule has 6 nitrogen and oxygen atoms in total. The number of rotatable bonds is 10. The van der Waals surface area contributed by atoms with Crippen LogP contribution in [0.2, 0.25) is 0 Å². The standard InChI is InChI=1S/C20H31F3N2O4S/c1-18(2,13-28-16-8-5-6-10-27-16)14-12-15(29-25-14)24-17(26)19(3,4)30-11-7-9-20(21,22)23/h12,16H,5-11,13H2,1-4H3,(H,24,26). The van der Waals surface area contributed by atoms with Gasteiger partial charge in [0.05, 0.1) is 17.0 Å². The van der Waals surface area contributed by atoms with Crippen LogP contribution in [0.25, 0.3) is 0 Å². The van der Waals surface area contributed by atoms with Crippen LogP contribution in [0.15, 0.2) is 10.6 Å². The fourth-order valence-electron chi connectivity index (χ4n) is 2.80. The lowest BCUT2D eigenvalue weighted by Crippen LogP contribution is -2.34. The van der Waals surface area contributed by atoms with Gasteiger partial charge in [0, 0.05) is 24.5 Å². The van der Waals surface area contributed by atoms with Gasteiger partial charge in [-0.05, 0) is 45.3 Å². The number of halogens is 3. The molecule has 0 spiro atoms. The van der Waals surface area contributed by atoms with Gasteiger partial charge < -0.3 is 14.0 Å². The van der Waals surface area contributed by atoms with E-state index in [4.69, 9.17) is 14.0 Å². The van der Waals surface area contributed by atoms with Crippen molar-refractivity contribution in [3.05, 3.63) is 11.8 Å². The molecule has 172 valence electrons. The van der Waals surface area contributed by atoms with Crippen LogP contribution in [-0.4, -0.2) is 47.2 Å². The Kier molecular flexibility index (Phi) is 8.64. The molecule has 1 aromatic rings. The summed E-state index contributed by atoms with van der Waals surface area (Å²) < 4.78 is 52.5. The second kappa shape index (κ2) is 10.4. The number of thioether (sulfide) groups is 1. The van der Waals surface area contributed by atoms with Gasteiger partial charge in [0.15, 0.2) is 6.29 Å². The Morgan fingerprint density at radius 3 is 2.67 bits per heavy atom. The van der Waals surface area contributed by atoms with Gasteiger partial charge in [0.1, 0.15) is 0 Å². The van der Waals surface area contributed by atoms with Gasteiger partial charge in [0.2, 0.25) is 11.8 Å². The first-order chi connectivity index (χ1) is 13.9. The molecule has 1 atom stereocenters. The van der Waals surface area contributed by atoms with Crippen LogP contribution in [0.1, 0.15) is 65.5 Å². The fourth-order valence-corrected chi connectivity index (χ4v) is 3.78. The van der Waals surface area contributed by atoms with E-state index >= 15 is 0 Å². The van der Waals surface area contributed by atoms with Gasteiger partial charge in [-0.15, -0.1) is 11.8 Å². The third-order valence-corrected chi connectivity index (χ3v) is 6.22.